The fraction of sp³-hybridized carbons (Fsp3) is 0.667. The zero-order valence-electron chi connectivity index (χ0n) is 6.19. The average Bonchev–Trinajstić information content (AvgIpc) is 2.50. The minimum absolute atomic E-state index is 0.788. The molecule has 0 spiro atoms. The van der Waals surface area contributed by atoms with Gasteiger partial charge in [0.25, 0.3) is 0 Å². The Hall–Kier alpha value is -0.130. The zero-order chi connectivity index (χ0) is 7.94. The van der Waals surface area contributed by atoms with Gasteiger partial charge >= 0.3 is 0 Å². The van der Waals surface area contributed by atoms with Crippen molar-refractivity contribution in [2.45, 2.75) is 17.2 Å². The first kappa shape index (κ1) is 8.96. The largest absolute Gasteiger partial charge is 0.330 e. The molecule has 0 bridgehead atoms. The number of nitrogens with two attached hydrogens (primary N) is 1. The normalized spacial score (nSPS) is 10.3. The van der Waals surface area contributed by atoms with Gasteiger partial charge in [0, 0.05) is 5.75 Å². The van der Waals surface area contributed by atoms with E-state index in [0.29, 0.717) is 0 Å². The van der Waals surface area contributed by atoms with E-state index in [-0.39, 0.29) is 0 Å². The number of thioether (sulfide) groups is 1. The van der Waals surface area contributed by atoms with Crippen LogP contribution in [0.2, 0.25) is 0 Å². The molecule has 0 amide bonds. The molecule has 11 heavy (non-hydrogen) atoms. The van der Waals surface area contributed by atoms with Crippen LogP contribution in [0.3, 0.4) is 0 Å². The predicted molar refractivity (Wildman–Crippen MR) is 48.9 cm³/mol. The summed E-state index contributed by atoms with van der Waals surface area (Å²) in [6, 6.07) is 0. The van der Waals surface area contributed by atoms with E-state index in [1.165, 1.54) is 6.42 Å². The van der Waals surface area contributed by atoms with Crippen molar-refractivity contribution in [3.63, 3.8) is 0 Å². The van der Waals surface area contributed by atoms with Gasteiger partial charge in [0.1, 0.15) is 5.51 Å². The second kappa shape index (κ2) is 5.51. The van der Waals surface area contributed by atoms with E-state index in [0.717, 1.165) is 23.1 Å². The van der Waals surface area contributed by atoms with Crippen molar-refractivity contribution in [2.75, 3.05) is 12.3 Å². The van der Waals surface area contributed by atoms with Crippen molar-refractivity contribution in [1.29, 1.82) is 0 Å². The van der Waals surface area contributed by atoms with E-state index in [2.05, 4.69) is 10.2 Å². The van der Waals surface area contributed by atoms with Gasteiger partial charge in [-0.25, -0.2) is 0 Å². The van der Waals surface area contributed by atoms with Crippen LogP contribution < -0.4 is 5.73 Å². The quantitative estimate of drug-likeness (QED) is 0.561. The summed E-state index contributed by atoms with van der Waals surface area (Å²) in [5.74, 6) is 1.10. The number of rotatable bonds is 5. The summed E-state index contributed by atoms with van der Waals surface area (Å²) in [6.45, 7) is 0.788. The highest BCUT2D eigenvalue weighted by Gasteiger charge is 1.95. The molecule has 0 atom stereocenters. The molecule has 1 aromatic rings. The molecule has 0 radical (unpaired) electrons. The van der Waals surface area contributed by atoms with E-state index >= 15 is 0 Å². The first-order valence-electron chi connectivity index (χ1n) is 3.52. The molecule has 0 fully saturated rings. The zero-order valence-corrected chi connectivity index (χ0v) is 7.83. The molecular formula is C6H11N3S2. The van der Waals surface area contributed by atoms with Gasteiger partial charge in [-0.15, -0.1) is 10.2 Å². The second-order valence-electron chi connectivity index (χ2n) is 2.05. The smallest absolute Gasteiger partial charge is 0.174 e. The average molecular weight is 189 g/mol. The van der Waals surface area contributed by atoms with Gasteiger partial charge in [-0.05, 0) is 19.4 Å². The topological polar surface area (TPSA) is 51.8 Å². The lowest BCUT2D eigenvalue weighted by atomic mass is 10.3. The molecule has 3 nitrogen and oxygen atoms in total. The van der Waals surface area contributed by atoms with Gasteiger partial charge in [0.2, 0.25) is 0 Å². The fourth-order valence-corrected chi connectivity index (χ4v) is 2.19. The Balaban J connectivity index is 2.04. The van der Waals surface area contributed by atoms with E-state index < -0.39 is 0 Å². The standard InChI is InChI=1S/C6H11N3S2/c7-3-1-2-4-10-6-9-8-5-11-6/h5H,1-4,7H2. The molecule has 1 aromatic heterocycles. The summed E-state index contributed by atoms with van der Waals surface area (Å²) in [7, 11) is 0. The van der Waals surface area contributed by atoms with Gasteiger partial charge in [0.05, 0.1) is 0 Å². The maximum atomic E-state index is 5.35. The Kier molecular flexibility index (Phi) is 4.49. The Morgan fingerprint density at radius 1 is 1.55 bits per heavy atom. The van der Waals surface area contributed by atoms with Crippen LogP contribution in [0.25, 0.3) is 0 Å². The van der Waals surface area contributed by atoms with Crippen LogP contribution in [-0.4, -0.2) is 22.5 Å². The molecule has 1 heterocycles. The fourth-order valence-electron chi connectivity index (χ4n) is 0.632. The molecule has 1 rings (SSSR count). The summed E-state index contributed by atoms with van der Waals surface area (Å²) >= 11 is 3.35. The molecule has 2 N–H and O–H groups in total. The van der Waals surface area contributed by atoms with Gasteiger partial charge < -0.3 is 5.73 Å². The third kappa shape index (κ3) is 3.69. The molecule has 0 aliphatic carbocycles. The number of nitrogens with zero attached hydrogens (tertiary/aromatic N) is 2. The van der Waals surface area contributed by atoms with Gasteiger partial charge in [-0.3, -0.25) is 0 Å². The number of hydrogen-bond donors (Lipinski definition) is 1. The van der Waals surface area contributed by atoms with Crippen LogP contribution >= 0.6 is 23.1 Å². The molecule has 0 aliphatic heterocycles. The maximum Gasteiger partial charge on any atom is 0.174 e. The van der Waals surface area contributed by atoms with Crippen molar-refractivity contribution in [3.8, 4) is 0 Å². The van der Waals surface area contributed by atoms with Crippen LogP contribution in [0.5, 0.6) is 0 Å². The lowest BCUT2D eigenvalue weighted by molar-refractivity contribution is 0.814. The Labute approximate surface area is 74.4 Å². The molecule has 5 heteroatoms. The van der Waals surface area contributed by atoms with Crippen molar-refractivity contribution >= 4 is 23.1 Å². The Morgan fingerprint density at radius 3 is 3.09 bits per heavy atom. The summed E-state index contributed by atoms with van der Waals surface area (Å²) < 4.78 is 1.06. The van der Waals surface area contributed by atoms with Crippen molar-refractivity contribution < 1.29 is 0 Å². The molecule has 0 unspecified atom stereocenters. The SMILES string of the molecule is NCCCCSc1nncs1. The predicted octanol–water partition coefficient (Wildman–Crippen LogP) is 1.37. The van der Waals surface area contributed by atoms with Gasteiger partial charge in [-0.1, -0.05) is 23.1 Å². The minimum atomic E-state index is 0.788. The molecule has 0 aromatic carbocycles. The first-order chi connectivity index (χ1) is 5.43. The van der Waals surface area contributed by atoms with E-state index in [1.807, 2.05) is 0 Å². The van der Waals surface area contributed by atoms with E-state index in [4.69, 9.17) is 5.73 Å². The number of hydrogen-bond acceptors (Lipinski definition) is 5. The molecule has 0 saturated heterocycles. The minimum Gasteiger partial charge on any atom is -0.330 e. The van der Waals surface area contributed by atoms with Crippen LogP contribution in [-0.2, 0) is 0 Å². The molecule has 62 valence electrons. The summed E-state index contributed by atoms with van der Waals surface area (Å²) in [6.07, 6.45) is 2.27. The number of aromatic nitrogens is 2. The van der Waals surface area contributed by atoms with Crippen molar-refractivity contribution in [3.05, 3.63) is 5.51 Å². The third-order valence-electron chi connectivity index (χ3n) is 1.16. The van der Waals surface area contributed by atoms with Crippen LogP contribution in [0, 0.1) is 0 Å². The highest BCUT2D eigenvalue weighted by atomic mass is 32.2. The summed E-state index contributed by atoms with van der Waals surface area (Å²) in [4.78, 5) is 0. The number of unbranched alkanes of at least 4 members (excludes halogenated alkanes) is 1. The molecular weight excluding hydrogens is 178 g/mol. The van der Waals surface area contributed by atoms with Crippen LogP contribution in [0.4, 0.5) is 0 Å². The monoisotopic (exact) mass is 189 g/mol. The third-order valence-corrected chi connectivity index (χ3v) is 3.11. The van der Waals surface area contributed by atoms with E-state index in [9.17, 15) is 0 Å². The van der Waals surface area contributed by atoms with Crippen molar-refractivity contribution in [1.82, 2.24) is 10.2 Å². The summed E-state index contributed by atoms with van der Waals surface area (Å²) in [5.41, 5.74) is 7.11. The second-order valence-corrected chi connectivity index (χ2v) is 4.22. The first-order valence-corrected chi connectivity index (χ1v) is 5.39. The van der Waals surface area contributed by atoms with Crippen molar-refractivity contribution in [2.24, 2.45) is 5.73 Å². The summed E-state index contributed by atoms with van der Waals surface area (Å²) in [5, 5.41) is 7.66. The highest BCUT2D eigenvalue weighted by molar-refractivity contribution is 8.00. The maximum absolute atomic E-state index is 5.35. The van der Waals surface area contributed by atoms with Gasteiger partial charge in [-0.2, -0.15) is 0 Å². The Morgan fingerprint density at radius 2 is 2.45 bits per heavy atom. The lowest BCUT2D eigenvalue weighted by Gasteiger charge is -1.94. The van der Waals surface area contributed by atoms with Gasteiger partial charge in [0.15, 0.2) is 4.34 Å². The van der Waals surface area contributed by atoms with Crippen LogP contribution in [0.15, 0.2) is 9.85 Å². The van der Waals surface area contributed by atoms with Crippen LogP contribution in [0.1, 0.15) is 12.8 Å². The Bertz CT molecular complexity index is 176. The molecule has 0 saturated carbocycles. The molecule has 0 aliphatic rings. The van der Waals surface area contributed by atoms with E-state index in [1.54, 1.807) is 28.6 Å². The highest BCUT2D eigenvalue weighted by Crippen LogP contribution is 2.19. The lowest BCUT2D eigenvalue weighted by Crippen LogP contribution is -1.98.